The van der Waals surface area contributed by atoms with Crippen LogP contribution in [-0.2, 0) is 0 Å². The minimum Gasteiger partial charge on any atom is -0.424 e. The summed E-state index contributed by atoms with van der Waals surface area (Å²) in [7, 11) is -2.26. The van der Waals surface area contributed by atoms with E-state index in [1.165, 1.54) is 0 Å². The average Bonchev–Trinajstić information content (AvgIpc) is 2.06. The first-order valence-electron chi connectivity index (χ1n) is 4.08. The molecule has 1 rings (SSSR count). The second-order valence-electron chi connectivity index (χ2n) is 3.01. The molecule has 0 bridgehead atoms. The van der Waals surface area contributed by atoms with Crippen LogP contribution in [0.5, 0.6) is 0 Å². The van der Waals surface area contributed by atoms with Crippen molar-refractivity contribution in [1.29, 1.82) is 0 Å². The maximum Gasteiger partial charge on any atom is 0.241 e. The lowest BCUT2D eigenvalue weighted by Crippen LogP contribution is -2.42. The molecule has 2 heteroatoms. The predicted octanol–water partition coefficient (Wildman–Crippen LogP) is 1.58. The highest BCUT2D eigenvalue weighted by Crippen LogP contribution is 2.00. The summed E-state index contributed by atoms with van der Waals surface area (Å²) in [5.74, 6) is 0. The maximum atomic E-state index is 10.0. The molecule has 0 aliphatic heterocycles. The standard InChI is InChI=1S/C10H14OSi/c1-3-9-12(2,11)10-7-5-4-6-8-10/h3-9,11H,1-2H3/b9-3+. The Morgan fingerprint density at radius 2 is 1.83 bits per heavy atom. The molecule has 0 aromatic heterocycles. The van der Waals surface area contributed by atoms with E-state index in [0.29, 0.717) is 0 Å². The smallest absolute Gasteiger partial charge is 0.241 e. The van der Waals surface area contributed by atoms with Gasteiger partial charge >= 0.3 is 0 Å². The average molecular weight is 178 g/mol. The Morgan fingerprint density at radius 1 is 1.25 bits per heavy atom. The second kappa shape index (κ2) is 3.69. The van der Waals surface area contributed by atoms with Gasteiger partial charge in [-0.1, -0.05) is 42.1 Å². The van der Waals surface area contributed by atoms with Crippen LogP contribution in [0.4, 0.5) is 0 Å². The summed E-state index contributed by atoms with van der Waals surface area (Å²) in [6.07, 6.45) is 1.92. The monoisotopic (exact) mass is 178 g/mol. The van der Waals surface area contributed by atoms with Gasteiger partial charge in [0.1, 0.15) is 0 Å². The highest BCUT2D eigenvalue weighted by molar-refractivity contribution is 6.88. The fraction of sp³-hybridized carbons (Fsp3) is 0.200. The SMILES string of the molecule is C/C=C/[Si](C)(O)c1ccccc1. The van der Waals surface area contributed by atoms with E-state index in [1.54, 1.807) is 0 Å². The van der Waals surface area contributed by atoms with Gasteiger partial charge in [0.25, 0.3) is 0 Å². The van der Waals surface area contributed by atoms with E-state index in [4.69, 9.17) is 0 Å². The molecular formula is C10H14OSi. The van der Waals surface area contributed by atoms with Crippen molar-refractivity contribution in [3.05, 3.63) is 42.1 Å². The molecule has 0 heterocycles. The Bertz CT molecular complexity index is 264. The molecule has 0 amide bonds. The minimum absolute atomic E-state index is 1.06. The molecule has 12 heavy (non-hydrogen) atoms. The molecule has 0 aliphatic carbocycles. The van der Waals surface area contributed by atoms with E-state index in [0.717, 1.165) is 5.19 Å². The number of hydrogen-bond acceptors (Lipinski definition) is 1. The largest absolute Gasteiger partial charge is 0.424 e. The van der Waals surface area contributed by atoms with Crippen LogP contribution in [0.2, 0.25) is 6.55 Å². The maximum absolute atomic E-state index is 10.0. The highest BCUT2D eigenvalue weighted by atomic mass is 28.4. The molecule has 0 fully saturated rings. The van der Waals surface area contributed by atoms with Crippen LogP contribution in [0.3, 0.4) is 0 Å². The van der Waals surface area contributed by atoms with Gasteiger partial charge < -0.3 is 4.80 Å². The van der Waals surface area contributed by atoms with E-state index in [1.807, 2.05) is 55.6 Å². The van der Waals surface area contributed by atoms with Gasteiger partial charge in [-0.3, -0.25) is 0 Å². The third-order valence-corrected chi connectivity index (χ3v) is 4.33. The quantitative estimate of drug-likeness (QED) is 0.682. The molecule has 1 aromatic carbocycles. The third kappa shape index (κ3) is 2.06. The summed E-state index contributed by atoms with van der Waals surface area (Å²) < 4.78 is 0. The van der Waals surface area contributed by atoms with Crippen LogP contribution in [0.1, 0.15) is 6.92 Å². The summed E-state index contributed by atoms with van der Waals surface area (Å²) >= 11 is 0. The summed E-state index contributed by atoms with van der Waals surface area (Å²) in [6.45, 7) is 3.85. The van der Waals surface area contributed by atoms with Crippen molar-refractivity contribution in [1.82, 2.24) is 0 Å². The molecule has 1 aromatic rings. The van der Waals surface area contributed by atoms with E-state index < -0.39 is 8.32 Å². The van der Waals surface area contributed by atoms with E-state index in [9.17, 15) is 4.80 Å². The molecular weight excluding hydrogens is 164 g/mol. The van der Waals surface area contributed by atoms with E-state index >= 15 is 0 Å². The minimum atomic E-state index is -2.26. The lowest BCUT2D eigenvalue weighted by atomic mass is 10.4. The van der Waals surface area contributed by atoms with Crippen molar-refractivity contribution in [3.8, 4) is 0 Å². The lowest BCUT2D eigenvalue weighted by Gasteiger charge is -2.15. The van der Waals surface area contributed by atoms with Gasteiger partial charge in [-0.15, -0.1) is 0 Å². The molecule has 1 N–H and O–H groups in total. The molecule has 0 aliphatic rings. The zero-order chi connectivity index (χ0) is 9.03. The summed E-state index contributed by atoms with van der Waals surface area (Å²) in [5, 5.41) is 1.06. The van der Waals surface area contributed by atoms with Crippen molar-refractivity contribution >= 4 is 13.5 Å². The first-order chi connectivity index (χ1) is 5.67. The Labute approximate surface area is 74.5 Å². The van der Waals surface area contributed by atoms with Crippen molar-refractivity contribution in [3.63, 3.8) is 0 Å². The molecule has 1 nitrogen and oxygen atoms in total. The molecule has 1 unspecified atom stereocenters. The number of hydrogen-bond donors (Lipinski definition) is 1. The molecule has 64 valence electrons. The van der Waals surface area contributed by atoms with Crippen LogP contribution < -0.4 is 5.19 Å². The van der Waals surface area contributed by atoms with Crippen LogP contribution >= 0.6 is 0 Å². The van der Waals surface area contributed by atoms with E-state index in [2.05, 4.69) is 0 Å². The fourth-order valence-corrected chi connectivity index (χ4v) is 2.91. The normalized spacial score (nSPS) is 16.2. The highest BCUT2D eigenvalue weighted by Gasteiger charge is 2.22. The van der Waals surface area contributed by atoms with Gasteiger partial charge in [0.05, 0.1) is 0 Å². The number of allylic oxidation sites excluding steroid dienone is 1. The third-order valence-electron chi connectivity index (χ3n) is 1.85. The zero-order valence-electron chi connectivity index (χ0n) is 7.49. The topological polar surface area (TPSA) is 20.2 Å². The number of benzene rings is 1. The van der Waals surface area contributed by atoms with Gasteiger partial charge in [-0.2, -0.15) is 0 Å². The number of rotatable bonds is 2. The van der Waals surface area contributed by atoms with Gasteiger partial charge in [0.15, 0.2) is 0 Å². The van der Waals surface area contributed by atoms with Crippen LogP contribution in [0.25, 0.3) is 0 Å². The molecule has 0 saturated heterocycles. The van der Waals surface area contributed by atoms with Crippen molar-refractivity contribution < 1.29 is 4.80 Å². The van der Waals surface area contributed by atoms with Crippen molar-refractivity contribution in [2.75, 3.05) is 0 Å². The molecule has 1 atom stereocenters. The van der Waals surface area contributed by atoms with Gasteiger partial charge in [-0.05, 0) is 18.7 Å². The second-order valence-corrected chi connectivity index (χ2v) is 6.22. The van der Waals surface area contributed by atoms with Crippen LogP contribution in [-0.4, -0.2) is 13.1 Å². The Kier molecular flexibility index (Phi) is 2.84. The van der Waals surface area contributed by atoms with Gasteiger partial charge in [0, 0.05) is 0 Å². The van der Waals surface area contributed by atoms with Crippen molar-refractivity contribution in [2.45, 2.75) is 13.5 Å². The summed E-state index contributed by atoms with van der Waals surface area (Å²) in [6, 6.07) is 9.84. The van der Waals surface area contributed by atoms with E-state index in [-0.39, 0.29) is 0 Å². The first kappa shape index (κ1) is 9.23. The zero-order valence-corrected chi connectivity index (χ0v) is 8.49. The molecule has 0 radical (unpaired) electrons. The summed E-state index contributed by atoms with van der Waals surface area (Å²) in [4.78, 5) is 10.0. The molecule has 0 saturated carbocycles. The first-order valence-corrected chi connectivity index (χ1v) is 6.61. The lowest BCUT2D eigenvalue weighted by molar-refractivity contribution is 0.574. The fourth-order valence-electron chi connectivity index (χ4n) is 1.20. The summed E-state index contributed by atoms with van der Waals surface area (Å²) in [5.41, 5.74) is 1.92. The van der Waals surface area contributed by atoms with Gasteiger partial charge in [0.2, 0.25) is 8.32 Å². The molecule has 0 spiro atoms. The van der Waals surface area contributed by atoms with Crippen molar-refractivity contribution in [2.24, 2.45) is 0 Å². The van der Waals surface area contributed by atoms with Crippen LogP contribution in [0.15, 0.2) is 42.1 Å². The van der Waals surface area contributed by atoms with Gasteiger partial charge in [-0.25, -0.2) is 0 Å². The van der Waals surface area contributed by atoms with Crippen LogP contribution in [0, 0.1) is 0 Å². The Morgan fingerprint density at radius 3 is 2.33 bits per heavy atom. The predicted molar refractivity (Wildman–Crippen MR) is 54.7 cm³/mol. The Hall–Kier alpha value is -0.863. The Balaban J connectivity index is 2.97.